The highest BCUT2D eigenvalue weighted by Crippen LogP contribution is 2.64. The number of ether oxygens (including phenoxy) is 1. The number of ketones is 1. The highest BCUT2D eigenvalue weighted by atomic mass is 16.6. The van der Waals surface area contributed by atoms with Crippen LogP contribution in [0.2, 0.25) is 0 Å². The van der Waals surface area contributed by atoms with E-state index < -0.39 is 0 Å². The summed E-state index contributed by atoms with van der Waals surface area (Å²) in [6, 6.07) is 0. The van der Waals surface area contributed by atoms with Crippen LogP contribution < -0.4 is 5.32 Å². The fraction of sp³-hybridized carbons (Fsp3) is 0.826. The van der Waals surface area contributed by atoms with Gasteiger partial charge in [-0.2, -0.15) is 0 Å². The Kier molecular flexibility index (Phi) is 4.88. The van der Waals surface area contributed by atoms with Gasteiger partial charge in [-0.05, 0) is 68.1 Å². The molecule has 1 amide bonds. The second-order valence-electron chi connectivity index (χ2n) is 9.87. The summed E-state index contributed by atoms with van der Waals surface area (Å²) in [5, 5.41) is 2.83. The summed E-state index contributed by atoms with van der Waals surface area (Å²) in [6.07, 6.45) is 11.3. The fourth-order valence-corrected chi connectivity index (χ4v) is 6.92. The van der Waals surface area contributed by atoms with Crippen LogP contribution in [0, 0.1) is 28.6 Å². The average molecular weight is 374 g/mol. The van der Waals surface area contributed by atoms with Crippen molar-refractivity contribution < 1.29 is 14.3 Å². The lowest BCUT2D eigenvalue weighted by molar-refractivity contribution is -0.132. The lowest BCUT2D eigenvalue weighted by Gasteiger charge is -2.56. The third kappa shape index (κ3) is 3.03. The van der Waals surface area contributed by atoms with Crippen molar-refractivity contribution in [3.63, 3.8) is 0 Å². The zero-order valence-electron chi connectivity index (χ0n) is 17.2. The zero-order chi connectivity index (χ0) is 19.2. The molecule has 0 bridgehead atoms. The minimum atomic E-state index is -0.266. The number of fused-ring (bicyclic) bond motifs is 5. The molecule has 3 fully saturated rings. The van der Waals surface area contributed by atoms with Gasteiger partial charge in [0.25, 0.3) is 0 Å². The van der Waals surface area contributed by atoms with Crippen molar-refractivity contribution in [3.05, 3.63) is 11.6 Å². The molecule has 4 nitrogen and oxygen atoms in total. The van der Waals surface area contributed by atoms with E-state index in [1.807, 2.05) is 6.92 Å². The lowest BCUT2D eigenvalue weighted by atomic mass is 9.48. The van der Waals surface area contributed by atoms with Gasteiger partial charge in [-0.25, -0.2) is 4.79 Å². The lowest BCUT2D eigenvalue weighted by Crippen LogP contribution is -2.50. The molecule has 3 unspecified atom stereocenters. The van der Waals surface area contributed by atoms with Crippen molar-refractivity contribution in [1.82, 2.24) is 5.32 Å². The van der Waals surface area contributed by atoms with Crippen LogP contribution >= 0.6 is 0 Å². The Labute approximate surface area is 163 Å². The molecule has 0 aromatic carbocycles. The van der Waals surface area contributed by atoms with E-state index in [0.717, 1.165) is 51.4 Å². The third-order valence-electron chi connectivity index (χ3n) is 8.56. The quantitative estimate of drug-likeness (QED) is 0.707. The Morgan fingerprint density at radius 3 is 2.70 bits per heavy atom. The molecule has 3 saturated carbocycles. The highest BCUT2D eigenvalue weighted by Gasteiger charge is 2.58. The van der Waals surface area contributed by atoms with Gasteiger partial charge < -0.3 is 10.1 Å². The number of Topliss-reactive ketones (excluding diaryl/α,β-unsaturated/α-hetero) is 1. The van der Waals surface area contributed by atoms with E-state index in [0.29, 0.717) is 30.1 Å². The first-order valence-corrected chi connectivity index (χ1v) is 11.1. The Hall–Kier alpha value is -1.32. The molecule has 4 rings (SSSR count). The van der Waals surface area contributed by atoms with Crippen molar-refractivity contribution in [1.29, 1.82) is 0 Å². The number of nitrogens with one attached hydrogen (secondary N) is 1. The van der Waals surface area contributed by atoms with Gasteiger partial charge in [-0.3, -0.25) is 4.79 Å². The van der Waals surface area contributed by atoms with Crippen LogP contribution in [-0.2, 0) is 9.53 Å². The van der Waals surface area contributed by atoms with E-state index in [2.05, 4.69) is 25.2 Å². The first kappa shape index (κ1) is 19.0. The maximum absolute atomic E-state index is 12.5. The molecule has 4 heteroatoms. The summed E-state index contributed by atoms with van der Waals surface area (Å²) in [7, 11) is 0. The van der Waals surface area contributed by atoms with Gasteiger partial charge in [0.15, 0.2) is 0 Å². The van der Waals surface area contributed by atoms with Crippen LogP contribution in [0.15, 0.2) is 11.6 Å². The topological polar surface area (TPSA) is 55.4 Å². The van der Waals surface area contributed by atoms with Crippen LogP contribution in [0.3, 0.4) is 0 Å². The number of alkyl carbamates (subject to hydrolysis) is 1. The van der Waals surface area contributed by atoms with Crippen molar-refractivity contribution in [2.45, 2.75) is 84.7 Å². The molecule has 150 valence electrons. The fourth-order valence-electron chi connectivity index (χ4n) is 6.92. The minimum absolute atomic E-state index is 0.0136. The minimum Gasteiger partial charge on any atom is -0.446 e. The number of allylic oxidation sites excluding steroid dienone is 1. The van der Waals surface area contributed by atoms with Crippen LogP contribution in [-0.4, -0.2) is 24.5 Å². The highest BCUT2D eigenvalue weighted by molar-refractivity contribution is 5.87. The van der Waals surface area contributed by atoms with Crippen LogP contribution in [0.1, 0.15) is 78.6 Å². The van der Waals surface area contributed by atoms with Gasteiger partial charge in [-0.1, -0.05) is 32.4 Å². The van der Waals surface area contributed by atoms with Crippen LogP contribution in [0.25, 0.3) is 0 Å². The van der Waals surface area contributed by atoms with Crippen molar-refractivity contribution in [3.8, 4) is 0 Å². The number of hydrogen-bond donors (Lipinski definition) is 1. The normalized spacial score (nSPS) is 43.2. The molecule has 0 radical (unpaired) electrons. The van der Waals surface area contributed by atoms with Crippen molar-refractivity contribution >= 4 is 11.9 Å². The summed E-state index contributed by atoms with van der Waals surface area (Å²) < 4.78 is 5.69. The largest absolute Gasteiger partial charge is 0.446 e. The van der Waals surface area contributed by atoms with Gasteiger partial charge in [0.2, 0.25) is 0 Å². The SMILES string of the molecule is CCCNC(=O)O[C@@H]1CC[C@@]2(C)C(=CCC3C2CC[C@]2(C)C(=O)CCC32)C1. The summed E-state index contributed by atoms with van der Waals surface area (Å²) in [6.45, 7) is 7.41. The molecule has 4 aliphatic carbocycles. The maximum Gasteiger partial charge on any atom is 0.407 e. The predicted octanol–water partition coefficient (Wildman–Crippen LogP) is 5.02. The van der Waals surface area contributed by atoms with E-state index >= 15 is 0 Å². The Balaban J connectivity index is 1.48. The van der Waals surface area contributed by atoms with Gasteiger partial charge in [0, 0.05) is 24.8 Å². The number of carbonyl (C=O) groups excluding carboxylic acids is 2. The molecule has 0 aliphatic heterocycles. The smallest absolute Gasteiger partial charge is 0.407 e. The Morgan fingerprint density at radius 1 is 1.19 bits per heavy atom. The molecule has 0 aromatic rings. The molecule has 0 aromatic heterocycles. The second kappa shape index (κ2) is 6.93. The monoisotopic (exact) mass is 373 g/mol. The van der Waals surface area contributed by atoms with Crippen molar-refractivity contribution in [2.75, 3.05) is 6.54 Å². The van der Waals surface area contributed by atoms with E-state index in [1.54, 1.807) is 0 Å². The first-order valence-electron chi connectivity index (χ1n) is 11.1. The molecule has 0 spiro atoms. The van der Waals surface area contributed by atoms with Gasteiger partial charge in [0.05, 0.1) is 0 Å². The van der Waals surface area contributed by atoms with Crippen LogP contribution in [0.4, 0.5) is 4.79 Å². The number of hydrogen-bond acceptors (Lipinski definition) is 3. The molecule has 27 heavy (non-hydrogen) atoms. The number of carbonyl (C=O) groups is 2. The second-order valence-corrected chi connectivity index (χ2v) is 9.87. The summed E-state index contributed by atoms with van der Waals surface area (Å²) in [5.41, 5.74) is 1.69. The molecule has 4 aliphatic rings. The maximum atomic E-state index is 12.5. The van der Waals surface area contributed by atoms with Crippen molar-refractivity contribution in [2.24, 2.45) is 28.6 Å². The third-order valence-corrected chi connectivity index (χ3v) is 8.56. The summed E-state index contributed by atoms with van der Waals surface area (Å²) >= 11 is 0. The first-order chi connectivity index (χ1) is 12.9. The predicted molar refractivity (Wildman–Crippen MR) is 105 cm³/mol. The molecule has 0 saturated heterocycles. The van der Waals surface area contributed by atoms with Gasteiger partial charge in [0.1, 0.15) is 11.9 Å². The Morgan fingerprint density at radius 2 is 1.93 bits per heavy atom. The Bertz CT molecular complexity index is 656. The van der Waals surface area contributed by atoms with Gasteiger partial charge >= 0.3 is 6.09 Å². The van der Waals surface area contributed by atoms with E-state index in [1.165, 1.54) is 12.0 Å². The van der Waals surface area contributed by atoms with Crippen LogP contribution in [0.5, 0.6) is 0 Å². The molecule has 1 N–H and O–H groups in total. The molecule has 6 atom stereocenters. The van der Waals surface area contributed by atoms with E-state index in [-0.39, 0.29) is 23.0 Å². The average Bonchev–Trinajstić information content (AvgIpc) is 2.95. The molecular formula is C23H35NO3. The summed E-state index contributed by atoms with van der Waals surface area (Å²) in [5.74, 6) is 2.44. The summed E-state index contributed by atoms with van der Waals surface area (Å²) in [4.78, 5) is 24.5. The molecule has 0 heterocycles. The van der Waals surface area contributed by atoms with E-state index in [4.69, 9.17) is 4.74 Å². The molecular weight excluding hydrogens is 338 g/mol. The zero-order valence-corrected chi connectivity index (χ0v) is 17.2. The standard InChI is InChI=1S/C23H35NO3/c1-4-13-24-21(26)27-16-9-11-22(2)15(14-16)5-6-17-18-7-8-20(25)23(18,3)12-10-19(17)22/h5,16-19H,4,6-14H2,1-3H3,(H,24,26)/t16-,17?,18?,19?,22+,23+/m1/s1. The van der Waals surface area contributed by atoms with E-state index in [9.17, 15) is 9.59 Å². The number of amides is 1. The number of rotatable bonds is 3. The van der Waals surface area contributed by atoms with Gasteiger partial charge in [-0.15, -0.1) is 0 Å².